The van der Waals surface area contributed by atoms with E-state index in [0.29, 0.717) is 22.0 Å². The molecule has 7 heteroatoms. The molecule has 3 N–H and O–H groups in total. The monoisotopic (exact) mass is 423 g/mol. The molecule has 0 heterocycles. The Hall–Kier alpha value is -3.22. The Morgan fingerprint density at radius 3 is 2.24 bits per heavy atom. The van der Waals surface area contributed by atoms with E-state index in [0.717, 1.165) is 5.56 Å². The summed E-state index contributed by atoms with van der Waals surface area (Å²) in [5.74, 6) is -0.484. The average molecular weight is 424 g/mol. The molecule has 0 unspecified atom stereocenters. The van der Waals surface area contributed by atoms with E-state index in [4.69, 9.17) is 23.8 Å². The normalized spacial score (nSPS) is 10.1. The number of benzene rings is 3. The summed E-state index contributed by atoms with van der Waals surface area (Å²) in [7, 11) is 0. The summed E-state index contributed by atoms with van der Waals surface area (Å²) in [6.07, 6.45) is 0.284. The van der Waals surface area contributed by atoms with Gasteiger partial charge < -0.3 is 10.6 Å². The molecule has 2 amide bonds. The summed E-state index contributed by atoms with van der Waals surface area (Å²) in [5, 5.41) is 9.00. The zero-order chi connectivity index (χ0) is 20.6. The van der Waals surface area contributed by atoms with Crippen LogP contribution in [-0.2, 0) is 11.2 Å². The molecule has 0 aliphatic rings. The number of rotatable bonds is 5. The van der Waals surface area contributed by atoms with Gasteiger partial charge in [-0.1, -0.05) is 54.1 Å². The maximum atomic E-state index is 12.2. The lowest BCUT2D eigenvalue weighted by Gasteiger charge is -2.11. The summed E-state index contributed by atoms with van der Waals surface area (Å²) in [4.78, 5) is 24.4. The maximum Gasteiger partial charge on any atom is 0.257 e. The summed E-state index contributed by atoms with van der Waals surface area (Å²) < 4.78 is 0. The number of anilines is 2. The van der Waals surface area contributed by atoms with Crippen LogP contribution in [0.15, 0.2) is 78.9 Å². The van der Waals surface area contributed by atoms with Gasteiger partial charge in [-0.2, -0.15) is 0 Å². The highest BCUT2D eigenvalue weighted by atomic mass is 35.5. The minimum absolute atomic E-state index is 0.120. The highest BCUT2D eigenvalue weighted by molar-refractivity contribution is 7.80. The molecule has 0 bridgehead atoms. The van der Waals surface area contributed by atoms with E-state index in [1.165, 1.54) is 0 Å². The molecule has 0 aromatic heterocycles. The van der Waals surface area contributed by atoms with E-state index in [1.807, 2.05) is 30.3 Å². The van der Waals surface area contributed by atoms with E-state index in [2.05, 4.69) is 16.0 Å². The Balaban J connectivity index is 1.57. The SMILES string of the molecule is O=C(Cc1ccccc1)Nc1cccc(NC(=S)NC(=O)c2cccc(Cl)c2)c1. The number of hydrogen-bond acceptors (Lipinski definition) is 3. The van der Waals surface area contributed by atoms with E-state index < -0.39 is 0 Å². The first-order valence-electron chi connectivity index (χ1n) is 8.81. The second-order valence-electron chi connectivity index (χ2n) is 6.21. The van der Waals surface area contributed by atoms with Gasteiger partial charge >= 0.3 is 0 Å². The highest BCUT2D eigenvalue weighted by Crippen LogP contribution is 2.16. The fourth-order valence-electron chi connectivity index (χ4n) is 2.63. The predicted octanol–water partition coefficient (Wildman–Crippen LogP) is 4.65. The number of nitrogens with one attached hydrogen (secondary N) is 3. The van der Waals surface area contributed by atoms with Crippen molar-refractivity contribution < 1.29 is 9.59 Å². The summed E-state index contributed by atoms with van der Waals surface area (Å²) in [6, 6.07) is 23.2. The number of carbonyl (C=O) groups is 2. The van der Waals surface area contributed by atoms with Crippen molar-refractivity contribution >= 4 is 52.1 Å². The van der Waals surface area contributed by atoms with E-state index >= 15 is 0 Å². The van der Waals surface area contributed by atoms with Crippen molar-refractivity contribution in [1.29, 1.82) is 0 Å². The zero-order valence-corrected chi connectivity index (χ0v) is 16.9. The summed E-state index contributed by atoms with van der Waals surface area (Å²) in [5.41, 5.74) is 2.60. The minimum atomic E-state index is -0.364. The van der Waals surface area contributed by atoms with E-state index in [9.17, 15) is 9.59 Å². The van der Waals surface area contributed by atoms with Crippen LogP contribution >= 0.6 is 23.8 Å². The zero-order valence-electron chi connectivity index (χ0n) is 15.3. The molecule has 0 aliphatic carbocycles. The van der Waals surface area contributed by atoms with E-state index in [1.54, 1.807) is 48.5 Å². The molecule has 0 saturated heterocycles. The number of thiocarbonyl (C=S) groups is 1. The molecule has 3 aromatic rings. The van der Waals surface area contributed by atoms with Gasteiger partial charge in [0.1, 0.15) is 0 Å². The molecule has 0 fully saturated rings. The largest absolute Gasteiger partial charge is 0.332 e. The summed E-state index contributed by atoms with van der Waals surface area (Å²) >= 11 is 11.1. The van der Waals surface area contributed by atoms with Gasteiger partial charge in [-0.3, -0.25) is 14.9 Å². The molecule has 29 heavy (non-hydrogen) atoms. The molecular formula is C22H18ClN3O2S. The average Bonchev–Trinajstić information content (AvgIpc) is 2.68. The molecule has 3 rings (SSSR count). The lowest BCUT2D eigenvalue weighted by molar-refractivity contribution is -0.115. The quantitative estimate of drug-likeness (QED) is 0.522. The molecule has 0 aliphatic heterocycles. The lowest BCUT2D eigenvalue weighted by Crippen LogP contribution is -2.34. The predicted molar refractivity (Wildman–Crippen MR) is 120 cm³/mol. The van der Waals surface area contributed by atoms with Gasteiger partial charge in [0.15, 0.2) is 5.11 Å². The molecule has 0 spiro atoms. The van der Waals surface area contributed by atoms with Crippen molar-refractivity contribution in [3.63, 3.8) is 0 Å². The number of amides is 2. The molecule has 0 atom stereocenters. The Labute approximate surface area is 179 Å². The maximum absolute atomic E-state index is 12.2. The van der Waals surface area contributed by atoms with Crippen LogP contribution in [0.3, 0.4) is 0 Å². The van der Waals surface area contributed by atoms with Crippen LogP contribution in [0.1, 0.15) is 15.9 Å². The van der Waals surface area contributed by atoms with Gasteiger partial charge in [0.05, 0.1) is 6.42 Å². The van der Waals surface area contributed by atoms with Crippen LogP contribution in [-0.4, -0.2) is 16.9 Å². The van der Waals surface area contributed by atoms with Crippen molar-refractivity contribution in [2.24, 2.45) is 0 Å². The molecule has 0 radical (unpaired) electrons. The fourth-order valence-corrected chi connectivity index (χ4v) is 3.03. The smallest absolute Gasteiger partial charge is 0.257 e. The fraction of sp³-hybridized carbons (Fsp3) is 0.0455. The van der Waals surface area contributed by atoms with Crippen LogP contribution in [0.5, 0.6) is 0 Å². The van der Waals surface area contributed by atoms with E-state index in [-0.39, 0.29) is 23.3 Å². The first-order chi connectivity index (χ1) is 14.0. The second kappa shape index (κ2) is 9.82. The number of carbonyl (C=O) groups excluding carboxylic acids is 2. The molecular weight excluding hydrogens is 406 g/mol. The third-order valence-corrected chi connectivity index (χ3v) is 4.36. The van der Waals surface area contributed by atoms with Gasteiger partial charge in [0.25, 0.3) is 5.91 Å². The van der Waals surface area contributed by atoms with Crippen LogP contribution in [0.4, 0.5) is 11.4 Å². The molecule has 0 saturated carbocycles. The number of halogens is 1. The van der Waals surface area contributed by atoms with Crippen molar-refractivity contribution in [3.8, 4) is 0 Å². The van der Waals surface area contributed by atoms with Crippen LogP contribution in [0.2, 0.25) is 5.02 Å². The standard InChI is InChI=1S/C22H18ClN3O2S/c23-17-9-4-8-16(13-17)21(28)26-22(29)25-19-11-5-10-18(14-19)24-20(27)12-15-6-2-1-3-7-15/h1-11,13-14H,12H2,(H,24,27)(H2,25,26,28,29). The van der Waals surface area contributed by atoms with Crippen molar-refractivity contribution in [2.45, 2.75) is 6.42 Å². The lowest BCUT2D eigenvalue weighted by atomic mass is 10.1. The van der Waals surface area contributed by atoms with Crippen molar-refractivity contribution in [3.05, 3.63) is 95.0 Å². The van der Waals surface area contributed by atoms with Gasteiger partial charge in [0, 0.05) is 22.0 Å². The van der Waals surface area contributed by atoms with Gasteiger partial charge in [-0.05, 0) is 54.2 Å². The summed E-state index contributed by atoms with van der Waals surface area (Å²) in [6.45, 7) is 0. The first kappa shape index (κ1) is 20.5. The Morgan fingerprint density at radius 2 is 1.52 bits per heavy atom. The topological polar surface area (TPSA) is 70.2 Å². The second-order valence-corrected chi connectivity index (χ2v) is 7.05. The van der Waals surface area contributed by atoms with Gasteiger partial charge in [-0.15, -0.1) is 0 Å². The Kier molecular flexibility index (Phi) is 6.94. The van der Waals surface area contributed by atoms with Gasteiger partial charge in [-0.25, -0.2) is 0 Å². The third kappa shape index (κ3) is 6.41. The highest BCUT2D eigenvalue weighted by Gasteiger charge is 2.09. The molecule has 146 valence electrons. The number of hydrogen-bond donors (Lipinski definition) is 3. The molecule has 3 aromatic carbocycles. The van der Waals surface area contributed by atoms with Gasteiger partial charge in [0.2, 0.25) is 5.91 Å². The van der Waals surface area contributed by atoms with Crippen LogP contribution < -0.4 is 16.0 Å². The first-order valence-corrected chi connectivity index (χ1v) is 9.60. The van der Waals surface area contributed by atoms with Crippen molar-refractivity contribution in [1.82, 2.24) is 5.32 Å². The minimum Gasteiger partial charge on any atom is -0.332 e. The van der Waals surface area contributed by atoms with Crippen molar-refractivity contribution in [2.75, 3.05) is 10.6 Å². The van der Waals surface area contributed by atoms with Crippen LogP contribution in [0, 0.1) is 0 Å². The Morgan fingerprint density at radius 1 is 0.828 bits per heavy atom. The Bertz CT molecular complexity index is 1040. The third-order valence-electron chi connectivity index (χ3n) is 3.93. The molecule has 5 nitrogen and oxygen atoms in total. The van der Waals surface area contributed by atoms with Crippen LogP contribution in [0.25, 0.3) is 0 Å².